The largest absolute Gasteiger partial charge is 0.390 e. The summed E-state index contributed by atoms with van der Waals surface area (Å²) < 4.78 is 0. The molecular formula is C22H26Cl4O4. The van der Waals surface area contributed by atoms with Crippen molar-refractivity contribution in [1.29, 1.82) is 0 Å². The highest BCUT2D eigenvalue weighted by Gasteiger charge is 2.30. The van der Waals surface area contributed by atoms with Gasteiger partial charge in [-0.05, 0) is 42.0 Å². The van der Waals surface area contributed by atoms with Crippen molar-refractivity contribution in [3.63, 3.8) is 0 Å². The Morgan fingerprint density at radius 2 is 1.20 bits per heavy atom. The molecule has 4 N–H and O–H groups in total. The first kappa shape index (κ1) is 25.7. The van der Waals surface area contributed by atoms with Crippen molar-refractivity contribution in [3.05, 3.63) is 67.1 Å². The van der Waals surface area contributed by atoms with Gasteiger partial charge < -0.3 is 20.4 Å². The number of halogens is 4. The van der Waals surface area contributed by atoms with Crippen LogP contribution in [0.4, 0.5) is 0 Å². The summed E-state index contributed by atoms with van der Waals surface area (Å²) in [6, 6.07) is 8.12. The molecule has 0 aliphatic heterocycles. The number of hydrogen-bond donors (Lipinski definition) is 4. The highest BCUT2D eigenvalue weighted by atomic mass is 35.5. The minimum atomic E-state index is -1.29. The highest BCUT2D eigenvalue weighted by molar-refractivity contribution is 6.37. The van der Waals surface area contributed by atoms with Gasteiger partial charge in [-0.1, -0.05) is 79.3 Å². The molecule has 0 bridgehead atoms. The summed E-state index contributed by atoms with van der Waals surface area (Å²) in [4.78, 5) is 0. The molecule has 4 nitrogen and oxygen atoms in total. The number of benzene rings is 2. The van der Waals surface area contributed by atoms with Crippen LogP contribution in [0.3, 0.4) is 0 Å². The molecule has 0 fully saturated rings. The molecule has 0 amide bonds. The lowest BCUT2D eigenvalue weighted by atomic mass is 9.88. The normalized spacial score (nSPS) is 16.9. The van der Waals surface area contributed by atoms with Crippen molar-refractivity contribution >= 4 is 46.4 Å². The van der Waals surface area contributed by atoms with Crippen LogP contribution in [0.15, 0.2) is 30.3 Å². The van der Waals surface area contributed by atoms with Gasteiger partial charge in [0.2, 0.25) is 0 Å². The summed E-state index contributed by atoms with van der Waals surface area (Å²) in [5.74, 6) is -0.641. The Kier molecular flexibility index (Phi) is 9.29. The predicted octanol–water partition coefficient (Wildman–Crippen LogP) is 5.62. The monoisotopic (exact) mass is 494 g/mol. The third-order valence-electron chi connectivity index (χ3n) is 5.25. The molecule has 0 saturated heterocycles. The summed E-state index contributed by atoms with van der Waals surface area (Å²) in [5, 5.41) is 43.1. The minimum absolute atomic E-state index is 0.202. The van der Waals surface area contributed by atoms with E-state index in [9.17, 15) is 20.4 Å². The van der Waals surface area contributed by atoms with Gasteiger partial charge in [0.05, 0.1) is 17.2 Å². The van der Waals surface area contributed by atoms with Gasteiger partial charge in [0.15, 0.2) is 0 Å². The van der Waals surface area contributed by atoms with E-state index in [1.54, 1.807) is 51.1 Å². The quantitative estimate of drug-likeness (QED) is 0.383. The second-order valence-corrected chi connectivity index (χ2v) is 9.47. The summed E-state index contributed by atoms with van der Waals surface area (Å²) in [6.07, 6.45) is -4.47. The zero-order valence-electron chi connectivity index (χ0n) is 16.9. The van der Waals surface area contributed by atoms with Crippen LogP contribution < -0.4 is 0 Å². The van der Waals surface area contributed by atoms with E-state index in [2.05, 4.69) is 0 Å². The molecule has 0 heterocycles. The van der Waals surface area contributed by atoms with Crippen molar-refractivity contribution in [2.45, 2.75) is 51.6 Å². The van der Waals surface area contributed by atoms with Crippen molar-refractivity contribution in [3.8, 4) is 0 Å². The third kappa shape index (κ3) is 5.62. The van der Waals surface area contributed by atoms with E-state index < -0.39 is 30.3 Å². The molecule has 0 aliphatic rings. The molecule has 8 heteroatoms. The lowest BCUT2D eigenvalue weighted by Gasteiger charge is -2.27. The zero-order chi connectivity index (χ0) is 22.7. The highest BCUT2D eigenvalue weighted by Crippen LogP contribution is 2.39. The molecule has 5 atom stereocenters. The topological polar surface area (TPSA) is 80.9 Å². The molecule has 2 aromatic rings. The van der Waals surface area contributed by atoms with Gasteiger partial charge in [-0.3, -0.25) is 0 Å². The maximum Gasteiger partial charge on any atom is 0.108 e. The Labute approximate surface area is 197 Å². The van der Waals surface area contributed by atoms with E-state index in [-0.39, 0.29) is 43.6 Å². The summed E-state index contributed by atoms with van der Waals surface area (Å²) >= 11 is 25.0. The van der Waals surface area contributed by atoms with Crippen molar-refractivity contribution in [1.82, 2.24) is 0 Å². The fourth-order valence-electron chi connectivity index (χ4n) is 3.32. The summed E-state index contributed by atoms with van der Waals surface area (Å²) in [7, 11) is 0. The second kappa shape index (κ2) is 10.8. The summed E-state index contributed by atoms with van der Waals surface area (Å²) in [6.45, 7) is 5.31. The van der Waals surface area contributed by atoms with Crippen LogP contribution in [0.5, 0.6) is 0 Å². The number of rotatable bonds is 8. The molecule has 2 rings (SSSR count). The van der Waals surface area contributed by atoms with E-state index in [1.807, 2.05) is 0 Å². The Balaban J connectivity index is 2.28. The molecule has 0 aliphatic carbocycles. The van der Waals surface area contributed by atoms with E-state index in [1.165, 1.54) is 0 Å². The van der Waals surface area contributed by atoms with Crippen molar-refractivity contribution in [2.24, 2.45) is 11.8 Å². The van der Waals surface area contributed by atoms with Gasteiger partial charge in [0.1, 0.15) is 12.2 Å². The van der Waals surface area contributed by atoms with Gasteiger partial charge >= 0.3 is 0 Å². The summed E-state index contributed by atoms with van der Waals surface area (Å²) in [5.41, 5.74) is 1.13. The van der Waals surface area contributed by atoms with E-state index in [0.29, 0.717) is 5.56 Å². The smallest absolute Gasteiger partial charge is 0.108 e. The van der Waals surface area contributed by atoms with Crippen LogP contribution >= 0.6 is 46.4 Å². The Hall–Kier alpha value is -0.560. The Bertz CT molecular complexity index is 854. The Morgan fingerprint density at radius 3 is 1.73 bits per heavy atom. The second-order valence-electron chi connectivity index (χ2n) is 7.87. The Morgan fingerprint density at radius 1 is 0.700 bits per heavy atom. The zero-order valence-corrected chi connectivity index (χ0v) is 19.9. The molecule has 0 saturated carbocycles. The minimum Gasteiger partial charge on any atom is -0.390 e. The van der Waals surface area contributed by atoms with Crippen LogP contribution in [-0.4, -0.2) is 32.6 Å². The number of aliphatic hydroxyl groups excluding tert-OH is 4. The third-order valence-corrected chi connectivity index (χ3v) is 6.69. The average molecular weight is 496 g/mol. The number of aliphatic hydroxyl groups is 4. The average Bonchev–Trinajstić information content (AvgIpc) is 2.68. The first-order chi connectivity index (χ1) is 14.0. The van der Waals surface area contributed by atoms with Gasteiger partial charge in [-0.25, -0.2) is 0 Å². The lowest BCUT2D eigenvalue weighted by molar-refractivity contribution is -0.0141. The molecule has 166 valence electrons. The fraction of sp³-hybridized carbons (Fsp3) is 0.455. The van der Waals surface area contributed by atoms with E-state index >= 15 is 0 Å². The van der Waals surface area contributed by atoms with Crippen LogP contribution in [-0.2, 0) is 6.42 Å². The SMILES string of the molecule is CC(C)[C@@H](O)[C@H](O)c1c(Cl)ccc(CC(C)[C@H](O)[C@@H](O)c2c(Cl)cccc2Cl)c1Cl. The van der Waals surface area contributed by atoms with Gasteiger partial charge in [0, 0.05) is 26.2 Å². The molecular weight excluding hydrogens is 470 g/mol. The maximum absolute atomic E-state index is 10.7. The predicted molar refractivity (Wildman–Crippen MR) is 123 cm³/mol. The molecule has 0 aromatic heterocycles. The van der Waals surface area contributed by atoms with Gasteiger partial charge in [-0.15, -0.1) is 0 Å². The maximum atomic E-state index is 10.7. The van der Waals surface area contributed by atoms with Crippen molar-refractivity contribution in [2.75, 3.05) is 0 Å². The molecule has 30 heavy (non-hydrogen) atoms. The lowest BCUT2D eigenvalue weighted by Crippen LogP contribution is -2.28. The fourth-order valence-corrected chi connectivity index (χ4v) is 4.61. The van der Waals surface area contributed by atoms with Gasteiger partial charge in [0.25, 0.3) is 0 Å². The van der Waals surface area contributed by atoms with E-state index in [0.717, 1.165) is 0 Å². The van der Waals surface area contributed by atoms with Gasteiger partial charge in [-0.2, -0.15) is 0 Å². The molecule has 0 spiro atoms. The molecule has 1 unspecified atom stereocenters. The van der Waals surface area contributed by atoms with Crippen LogP contribution in [0, 0.1) is 11.8 Å². The number of hydrogen-bond acceptors (Lipinski definition) is 4. The first-order valence-electron chi connectivity index (χ1n) is 9.60. The molecule has 2 aromatic carbocycles. The standard InChI is InChI=1S/C22H26Cl4O4/c1-10(2)19(27)22(30)17-15(25)8-7-12(18(17)26)9-11(3)20(28)21(29)16-13(23)5-4-6-14(16)24/h4-8,10-11,19-22,27-30H,9H2,1-3H3/t11?,19-,20+,21+,22-/m1/s1. The molecule has 0 radical (unpaired) electrons. The van der Waals surface area contributed by atoms with Crippen molar-refractivity contribution < 1.29 is 20.4 Å². The van der Waals surface area contributed by atoms with E-state index in [4.69, 9.17) is 46.4 Å². The first-order valence-corrected chi connectivity index (χ1v) is 11.1. The van der Waals surface area contributed by atoms with Crippen LogP contribution in [0.25, 0.3) is 0 Å². The van der Waals surface area contributed by atoms with Crippen LogP contribution in [0.1, 0.15) is 49.7 Å². The van der Waals surface area contributed by atoms with Crippen LogP contribution in [0.2, 0.25) is 20.1 Å².